The fraction of sp³-hybridized carbons (Fsp3) is 0.636. The molecule has 0 aliphatic heterocycles. The van der Waals surface area contributed by atoms with Gasteiger partial charge in [-0.1, -0.05) is 44.3 Å². The Morgan fingerprint density at radius 3 is 2.67 bits per heavy atom. The molecule has 1 unspecified atom stereocenters. The molecule has 4 heteroatoms. The number of ether oxygens (including phenoxy) is 1. The molecule has 0 aliphatic carbocycles. The molecular formula is C11H21BO3. The second kappa shape index (κ2) is 9.96. The van der Waals surface area contributed by atoms with E-state index in [1.807, 2.05) is 0 Å². The van der Waals surface area contributed by atoms with Gasteiger partial charge in [0.2, 0.25) is 0 Å². The molecule has 0 radical (unpaired) electrons. The van der Waals surface area contributed by atoms with Crippen LogP contribution in [0.15, 0.2) is 24.7 Å². The van der Waals surface area contributed by atoms with Crippen LogP contribution in [0.2, 0.25) is 0 Å². The first-order valence-electron chi connectivity index (χ1n) is 5.47. The fourth-order valence-corrected chi connectivity index (χ4v) is 1.25. The maximum atomic E-state index is 8.69. The molecule has 86 valence electrons. The van der Waals surface area contributed by atoms with Crippen molar-refractivity contribution >= 4 is 7.12 Å². The van der Waals surface area contributed by atoms with Crippen LogP contribution in [-0.2, 0) is 4.74 Å². The minimum atomic E-state index is -1.40. The Morgan fingerprint density at radius 2 is 2.13 bits per heavy atom. The van der Waals surface area contributed by atoms with Gasteiger partial charge in [0.25, 0.3) is 0 Å². The standard InChI is InChI=1S/C11H21BO3/c1-3-5-6-7-11(15-10-4-2)8-9-12(13)14/h4,8-9,11,13-14H,2-3,5-7,10H2,1H3. The summed E-state index contributed by atoms with van der Waals surface area (Å²) >= 11 is 0. The van der Waals surface area contributed by atoms with Crippen LogP contribution in [0.4, 0.5) is 0 Å². The number of unbranched alkanes of at least 4 members (excludes halogenated alkanes) is 2. The molecule has 0 aromatic carbocycles. The van der Waals surface area contributed by atoms with E-state index < -0.39 is 7.12 Å². The quantitative estimate of drug-likeness (QED) is 0.347. The molecule has 0 amide bonds. The highest BCUT2D eigenvalue weighted by Gasteiger charge is 2.06. The summed E-state index contributed by atoms with van der Waals surface area (Å²) in [4.78, 5) is 0. The first-order valence-corrected chi connectivity index (χ1v) is 5.47. The molecule has 0 aromatic rings. The van der Waals surface area contributed by atoms with Gasteiger partial charge in [0.05, 0.1) is 12.7 Å². The first kappa shape index (κ1) is 14.4. The maximum absolute atomic E-state index is 8.69. The highest BCUT2D eigenvalue weighted by Crippen LogP contribution is 2.08. The van der Waals surface area contributed by atoms with E-state index >= 15 is 0 Å². The summed E-state index contributed by atoms with van der Waals surface area (Å²) in [5.41, 5.74) is 0. The molecule has 0 rings (SSSR count). The van der Waals surface area contributed by atoms with E-state index in [1.54, 1.807) is 12.2 Å². The summed E-state index contributed by atoms with van der Waals surface area (Å²) in [5, 5.41) is 17.4. The van der Waals surface area contributed by atoms with Gasteiger partial charge in [0.1, 0.15) is 0 Å². The molecule has 1 atom stereocenters. The van der Waals surface area contributed by atoms with Crippen molar-refractivity contribution < 1.29 is 14.8 Å². The van der Waals surface area contributed by atoms with Gasteiger partial charge in [0.15, 0.2) is 0 Å². The van der Waals surface area contributed by atoms with Crippen LogP contribution in [0.25, 0.3) is 0 Å². The summed E-state index contributed by atoms with van der Waals surface area (Å²) in [6.45, 7) is 6.21. The van der Waals surface area contributed by atoms with Crippen LogP contribution >= 0.6 is 0 Å². The highest BCUT2D eigenvalue weighted by molar-refractivity contribution is 6.47. The summed E-state index contributed by atoms with van der Waals surface area (Å²) in [6.07, 6.45) is 7.68. The van der Waals surface area contributed by atoms with Crippen LogP contribution in [0.5, 0.6) is 0 Å². The molecular weight excluding hydrogens is 191 g/mol. The summed E-state index contributed by atoms with van der Waals surface area (Å²) in [5.74, 6) is 1.33. The normalized spacial score (nSPS) is 13.0. The molecule has 15 heavy (non-hydrogen) atoms. The highest BCUT2D eigenvalue weighted by atomic mass is 16.5. The van der Waals surface area contributed by atoms with Crippen LogP contribution in [0.1, 0.15) is 32.6 Å². The van der Waals surface area contributed by atoms with E-state index in [1.165, 1.54) is 18.8 Å². The van der Waals surface area contributed by atoms with Crippen molar-refractivity contribution in [3.63, 3.8) is 0 Å². The Labute approximate surface area is 92.6 Å². The number of rotatable bonds is 9. The molecule has 0 bridgehead atoms. The zero-order chi connectivity index (χ0) is 11.5. The molecule has 0 spiro atoms. The fourth-order valence-electron chi connectivity index (χ4n) is 1.25. The second-order valence-electron chi connectivity index (χ2n) is 3.45. The zero-order valence-electron chi connectivity index (χ0n) is 9.43. The maximum Gasteiger partial charge on any atom is 0.480 e. The van der Waals surface area contributed by atoms with Crippen LogP contribution in [-0.4, -0.2) is 29.9 Å². The number of hydrogen-bond acceptors (Lipinski definition) is 3. The topological polar surface area (TPSA) is 49.7 Å². The summed E-state index contributed by atoms with van der Waals surface area (Å²) in [6, 6.07) is 0. The van der Waals surface area contributed by atoms with Gasteiger partial charge in [0, 0.05) is 0 Å². The Balaban J connectivity index is 3.88. The molecule has 0 aromatic heterocycles. The Hall–Kier alpha value is -0.575. The van der Waals surface area contributed by atoms with Gasteiger partial charge < -0.3 is 14.8 Å². The lowest BCUT2D eigenvalue weighted by molar-refractivity contribution is 0.101. The SMILES string of the molecule is C=CCOC(C=CB(O)O)CCCCC. The van der Waals surface area contributed by atoms with E-state index in [-0.39, 0.29) is 6.10 Å². The van der Waals surface area contributed by atoms with Gasteiger partial charge in [-0.25, -0.2) is 0 Å². The van der Waals surface area contributed by atoms with E-state index in [2.05, 4.69) is 13.5 Å². The van der Waals surface area contributed by atoms with E-state index in [0.29, 0.717) is 6.61 Å². The zero-order valence-corrected chi connectivity index (χ0v) is 9.43. The van der Waals surface area contributed by atoms with Crippen molar-refractivity contribution in [3.8, 4) is 0 Å². The van der Waals surface area contributed by atoms with Crippen LogP contribution in [0, 0.1) is 0 Å². The molecule has 0 fully saturated rings. The second-order valence-corrected chi connectivity index (χ2v) is 3.45. The van der Waals surface area contributed by atoms with Crippen LogP contribution in [0.3, 0.4) is 0 Å². The molecule has 0 saturated heterocycles. The number of hydrogen-bond donors (Lipinski definition) is 2. The van der Waals surface area contributed by atoms with Crippen molar-refractivity contribution in [2.24, 2.45) is 0 Å². The monoisotopic (exact) mass is 212 g/mol. The third-order valence-corrected chi connectivity index (χ3v) is 2.02. The predicted octanol–water partition coefficient (Wildman–Crippen LogP) is 1.71. The van der Waals surface area contributed by atoms with Gasteiger partial charge >= 0.3 is 7.12 Å². The average Bonchev–Trinajstić information content (AvgIpc) is 2.21. The van der Waals surface area contributed by atoms with Crippen molar-refractivity contribution in [1.82, 2.24) is 0 Å². The van der Waals surface area contributed by atoms with E-state index in [4.69, 9.17) is 14.8 Å². The summed E-state index contributed by atoms with van der Waals surface area (Å²) in [7, 11) is -1.40. The van der Waals surface area contributed by atoms with E-state index in [0.717, 1.165) is 12.8 Å². The summed E-state index contributed by atoms with van der Waals surface area (Å²) < 4.78 is 5.46. The van der Waals surface area contributed by atoms with Crippen molar-refractivity contribution in [2.45, 2.75) is 38.7 Å². The predicted molar refractivity (Wildman–Crippen MR) is 63.4 cm³/mol. The molecule has 0 aliphatic rings. The van der Waals surface area contributed by atoms with Crippen molar-refractivity contribution in [2.75, 3.05) is 6.61 Å². The third-order valence-electron chi connectivity index (χ3n) is 2.02. The minimum Gasteiger partial charge on any atom is -0.424 e. The van der Waals surface area contributed by atoms with Crippen molar-refractivity contribution in [1.29, 1.82) is 0 Å². The largest absolute Gasteiger partial charge is 0.480 e. The van der Waals surface area contributed by atoms with Crippen LogP contribution < -0.4 is 0 Å². The Kier molecular flexibility index (Phi) is 9.58. The Bertz CT molecular complexity index is 181. The first-order chi connectivity index (χ1) is 7.20. The molecule has 0 saturated carbocycles. The van der Waals surface area contributed by atoms with Crippen molar-refractivity contribution in [3.05, 3.63) is 24.7 Å². The lowest BCUT2D eigenvalue weighted by atomic mass is 9.90. The van der Waals surface area contributed by atoms with E-state index in [9.17, 15) is 0 Å². The van der Waals surface area contributed by atoms with Gasteiger partial charge in [-0.05, 0) is 6.42 Å². The average molecular weight is 212 g/mol. The lowest BCUT2D eigenvalue weighted by Gasteiger charge is -2.12. The minimum absolute atomic E-state index is 0.0450. The molecule has 0 heterocycles. The van der Waals surface area contributed by atoms with Gasteiger partial charge in [-0.3, -0.25) is 0 Å². The van der Waals surface area contributed by atoms with Gasteiger partial charge in [-0.15, -0.1) is 6.58 Å². The van der Waals surface area contributed by atoms with Gasteiger partial charge in [-0.2, -0.15) is 0 Å². The molecule has 3 nitrogen and oxygen atoms in total. The smallest absolute Gasteiger partial charge is 0.424 e. The third kappa shape index (κ3) is 9.72. The molecule has 2 N–H and O–H groups in total. The lowest BCUT2D eigenvalue weighted by Crippen LogP contribution is -2.13. The Morgan fingerprint density at radius 1 is 1.40 bits per heavy atom.